The lowest BCUT2D eigenvalue weighted by Crippen LogP contribution is -2.55. The van der Waals surface area contributed by atoms with Crippen molar-refractivity contribution >= 4 is 22.6 Å². The Labute approximate surface area is 152 Å². The Morgan fingerprint density at radius 1 is 1.27 bits per heavy atom. The maximum Gasteiger partial charge on any atom is 0.255 e. The van der Waals surface area contributed by atoms with E-state index in [2.05, 4.69) is 51.3 Å². The summed E-state index contributed by atoms with van der Waals surface area (Å²) in [6.45, 7) is 6.49. The normalized spacial score (nSPS) is 17.7. The van der Waals surface area contributed by atoms with E-state index in [4.69, 9.17) is 0 Å². The van der Waals surface area contributed by atoms with Gasteiger partial charge in [-0.25, -0.2) is 4.98 Å². The molecule has 0 saturated carbocycles. The van der Waals surface area contributed by atoms with Crippen LogP contribution in [0.1, 0.15) is 29.4 Å². The maximum absolute atomic E-state index is 13.1. The number of carbonyl (C=O) groups excluding carboxylic acids is 1. The van der Waals surface area contributed by atoms with E-state index in [1.165, 1.54) is 5.69 Å². The topological polar surface area (TPSA) is 65.1 Å². The Balaban J connectivity index is 1.56. The van der Waals surface area contributed by atoms with Crippen molar-refractivity contribution in [1.29, 1.82) is 0 Å². The second kappa shape index (κ2) is 6.78. The van der Waals surface area contributed by atoms with Gasteiger partial charge in [-0.1, -0.05) is 25.1 Å². The van der Waals surface area contributed by atoms with Crippen LogP contribution in [0.5, 0.6) is 0 Å². The Hall–Kier alpha value is -2.89. The lowest BCUT2D eigenvalue weighted by atomic mass is 10.1. The van der Waals surface area contributed by atoms with Gasteiger partial charge in [-0.15, -0.1) is 0 Å². The maximum atomic E-state index is 13.1. The first kappa shape index (κ1) is 16.6. The largest absolute Gasteiger partial charge is 0.368 e. The number of hydrogen-bond donors (Lipinski definition) is 1. The van der Waals surface area contributed by atoms with Crippen molar-refractivity contribution in [2.45, 2.75) is 26.3 Å². The molecule has 6 nitrogen and oxygen atoms in total. The van der Waals surface area contributed by atoms with E-state index in [1.54, 1.807) is 6.20 Å². The molecule has 2 aromatic heterocycles. The van der Waals surface area contributed by atoms with E-state index in [0.717, 1.165) is 30.6 Å². The number of aromatic nitrogens is 3. The second-order valence-corrected chi connectivity index (χ2v) is 6.79. The first-order valence-corrected chi connectivity index (χ1v) is 9.09. The molecule has 0 radical (unpaired) electrons. The first-order chi connectivity index (χ1) is 12.7. The number of pyridine rings is 1. The highest BCUT2D eigenvalue weighted by molar-refractivity contribution is 5.97. The number of anilines is 1. The molecule has 1 saturated heterocycles. The van der Waals surface area contributed by atoms with Crippen molar-refractivity contribution in [3.63, 3.8) is 0 Å². The zero-order chi connectivity index (χ0) is 18.1. The van der Waals surface area contributed by atoms with Crippen molar-refractivity contribution in [2.24, 2.45) is 0 Å². The minimum Gasteiger partial charge on any atom is -0.368 e. The summed E-state index contributed by atoms with van der Waals surface area (Å²) >= 11 is 0. The Bertz CT molecular complexity index is 920. The summed E-state index contributed by atoms with van der Waals surface area (Å²) in [5, 5.41) is 7.97. The summed E-state index contributed by atoms with van der Waals surface area (Å²) in [7, 11) is 0. The average Bonchev–Trinajstić information content (AvgIpc) is 3.08. The third kappa shape index (κ3) is 2.92. The molecule has 1 fully saturated rings. The smallest absolute Gasteiger partial charge is 0.255 e. The van der Waals surface area contributed by atoms with Gasteiger partial charge in [-0.2, -0.15) is 5.10 Å². The van der Waals surface area contributed by atoms with E-state index >= 15 is 0 Å². The van der Waals surface area contributed by atoms with Gasteiger partial charge >= 0.3 is 0 Å². The molecule has 1 aromatic carbocycles. The number of hydrogen-bond acceptors (Lipinski definition) is 4. The first-order valence-electron chi connectivity index (χ1n) is 9.09. The molecular weight excluding hydrogens is 326 g/mol. The van der Waals surface area contributed by atoms with Gasteiger partial charge in [0.25, 0.3) is 5.91 Å². The van der Waals surface area contributed by atoms with Crippen LogP contribution in [0.3, 0.4) is 0 Å². The number of aryl methyl sites for hydroxylation is 1. The molecule has 1 aliphatic rings. The van der Waals surface area contributed by atoms with Crippen molar-refractivity contribution in [2.75, 3.05) is 24.5 Å². The van der Waals surface area contributed by atoms with Crippen LogP contribution in [0, 0.1) is 6.92 Å². The third-order valence-electron chi connectivity index (χ3n) is 5.18. The molecular formula is C20H23N5O. The Kier molecular flexibility index (Phi) is 4.32. The van der Waals surface area contributed by atoms with Crippen LogP contribution < -0.4 is 4.90 Å². The van der Waals surface area contributed by atoms with Crippen LogP contribution in [0.15, 0.2) is 42.6 Å². The number of nitrogens with zero attached hydrogens (tertiary/aromatic N) is 4. The predicted molar refractivity (Wildman–Crippen MR) is 102 cm³/mol. The quantitative estimate of drug-likeness (QED) is 0.789. The van der Waals surface area contributed by atoms with Gasteiger partial charge in [-0.05, 0) is 31.5 Å². The summed E-state index contributed by atoms with van der Waals surface area (Å²) in [5.74, 6) is 0.0551. The number of amides is 1. The number of H-pyrrole nitrogens is 1. The van der Waals surface area contributed by atoms with E-state index in [-0.39, 0.29) is 11.9 Å². The molecule has 3 heterocycles. The molecule has 1 N–H and O–H groups in total. The predicted octanol–water partition coefficient (Wildman–Crippen LogP) is 3.01. The summed E-state index contributed by atoms with van der Waals surface area (Å²) in [6, 6.07) is 12.5. The van der Waals surface area contributed by atoms with Crippen LogP contribution in [-0.4, -0.2) is 51.7 Å². The molecule has 1 aliphatic heterocycles. The monoisotopic (exact) mass is 349 g/mol. The summed E-state index contributed by atoms with van der Waals surface area (Å²) < 4.78 is 0. The molecule has 1 unspecified atom stereocenters. The lowest BCUT2D eigenvalue weighted by molar-refractivity contribution is 0.0651. The molecule has 3 aromatic rings. The van der Waals surface area contributed by atoms with Gasteiger partial charge < -0.3 is 9.80 Å². The fourth-order valence-corrected chi connectivity index (χ4v) is 3.65. The van der Waals surface area contributed by atoms with Gasteiger partial charge in [0, 0.05) is 48.6 Å². The van der Waals surface area contributed by atoms with Crippen molar-refractivity contribution in [3.8, 4) is 0 Å². The molecule has 0 bridgehead atoms. The molecule has 26 heavy (non-hydrogen) atoms. The van der Waals surface area contributed by atoms with Crippen LogP contribution in [0.4, 0.5) is 5.69 Å². The minimum absolute atomic E-state index is 0.0551. The van der Waals surface area contributed by atoms with Crippen LogP contribution in [-0.2, 0) is 0 Å². The highest BCUT2D eigenvalue weighted by Gasteiger charge is 2.30. The standard InChI is InChI=1S/C20H23N5O/c1-3-16-13-24(17-7-5-4-6-8-17)9-10-25(16)20(26)15-11-18-14(2)22-23-19(18)21-12-15/h4-8,11-12,16H,3,9-10,13H2,1-2H3,(H,21,22,23). The fourth-order valence-electron chi connectivity index (χ4n) is 3.65. The van der Waals surface area contributed by atoms with E-state index < -0.39 is 0 Å². The Morgan fingerprint density at radius 2 is 2.08 bits per heavy atom. The zero-order valence-electron chi connectivity index (χ0n) is 15.1. The highest BCUT2D eigenvalue weighted by Crippen LogP contribution is 2.23. The number of aromatic amines is 1. The van der Waals surface area contributed by atoms with Crippen LogP contribution in [0.2, 0.25) is 0 Å². The number of fused-ring (bicyclic) bond motifs is 1. The lowest BCUT2D eigenvalue weighted by Gasteiger charge is -2.42. The number of para-hydroxylation sites is 1. The van der Waals surface area contributed by atoms with Gasteiger partial charge in [0.15, 0.2) is 5.65 Å². The van der Waals surface area contributed by atoms with Gasteiger partial charge in [0.2, 0.25) is 0 Å². The zero-order valence-corrected chi connectivity index (χ0v) is 15.1. The van der Waals surface area contributed by atoms with E-state index in [0.29, 0.717) is 17.8 Å². The third-order valence-corrected chi connectivity index (χ3v) is 5.18. The molecule has 6 heteroatoms. The summed E-state index contributed by atoms with van der Waals surface area (Å²) in [4.78, 5) is 21.8. The molecule has 1 amide bonds. The summed E-state index contributed by atoms with van der Waals surface area (Å²) in [6.07, 6.45) is 2.57. The molecule has 0 spiro atoms. The second-order valence-electron chi connectivity index (χ2n) is 6.79. The van der Waals surface area contributed by atoms with Crippen molar-refractivity contribution < 1.29 is 4.79 Å². The van der Waals surface area contributed by atoms with Gasteiger partial charge in [0.1, 0.15) is 0 Å². The number of benzene rings is 1. The van der Waals surface area contributed by atoms with Crippen LogP contribution >= 0.6 is 0 Å². The van der Waals surface area contributed by atoms with E-state index in [9.17, 15) is 4.79 Å². The fraction of sp³-hybridized carbons (Fsp3) is 0.350. The van der Waals surface area contributed by atoms with Gasteiger partial charge in [-0.3, -0.25) is 9.89 Å². The van der Waals surface area contributed by atoms with Crippen LogP contribution in [0.25, 0.3) is 11.0 Å². The molecule has 1 atom stereocenters. The number of carbonyl (C=O) groups is 1. The number of piperazine rings is 1. The number of rotatable bonds is 3. The van der Waals surface area contributed by atoms with Crippen molar-refractivity contribution in [3.05, 3.63) is 53.9 Å². The SMILES string of the molecule is CCC1CN(c2ccccc2)CCN1C(=O)c1cnc2n[nH]c(C)c2c1. The minimum atomic E-state index is 0.0551. The van der Waals surface area contributed by atoms with E-state index in [1.807, 2.05) is 24.0 Å². The molecule has 134 valence electrons. The van der Waals surface area contributed by atoms with Crippen molar-refractivity contribution in [1.82, 2.24) is 20.1 Å². The Morgan fingerprint density at radius 3 is 2.85 bits per heavy atom. The van der Waals surface area contributed by atoms with Gasteiger partial charge in [0.05, 0.1) is 5.56 Å². The molecule has 0 aliphatic carbocycles. The average molecular weight is 349 g/mol. The summed E-state index contributed by atoms with van der Waals surface area (Å²) in [5.41, 5.74) is 3.44. The molecule has 4 rings (SSSR count). The number of nitrogens with one attached hydrogen (secondary N) is 1. The highest BCUT2D eigenvalue weighted by atomic mass is 16.2.